The number of carbonyl (C=O) groups is 3. The van der Waals surface area contributed by atoms with Crippen LogP contribution < -0.4 is 21.7 Å². The molecule has 134 valence electrons. The molecule has 1 fully saturated rings. The molecule has 3 amide bonds. The molecule has 3 rings (SSSR count). The number of anilines is 1. The van der Waals surface area contributed by atoms with Crippen molar-refractivity contribution in [3.8, 4) is 0 Å². The van der Waals surface area contributed by atoms with Crippen LogP contribution in [0.25, 0.3) is 0 Å². The quantitative estimate of drug-likeness (QED) is 0.643. The largest absolute Gasteiger partial charge is 0.352 e. The van der Waals surface area contributed by atoms with Gasteiger partial charge in [0.2, 0.25) is 11.8 Å². The predicted molar refractivity (Wildman–Crippen MR) is 94.1 cm³/mol. The van der Waals surface area contributed by atoms with E-state index in [1.165, 1.54) is 0 Å². The van der Waals surface area contributed by atoms with E-state index < -0.39 is 6.04 Å². The molecule has 25 heavy (non-hydrogen) atoms. The van der Waals surface area contributed by atoms with Gasteiger partial charge in [-0.25, -0.2) is 0 Å². The molecule has 0 aromatic heterocycles. The molecule has 1 heterocycles. The highest BCUT2D eigenvalue weighted by molar-refractivity contribution is 6.01. The summed E-state index contributed by atoms with van der Waals surface area (Å²) in [7, 11) is 0. The Kier molecular flexibility index (Phi) is 5.03. The number of nitrogens with two attached hydrogens (primary N) is 1. The third-order valence-corrected chi connectivity index (χ3v) is 4.81. The Bertz CT molecular complexity index is 694. The molecular formula is C18H24N4O3. The first-order valence-electron chi connectivity index (χ1n) is 8.72. The van der Waals surface area contributed by atoms with Gasteiger partial charge in [0.25, 0.3) is 5.91 Å². The van der Waals surface area contributed by atoms with Gasteiger partial charge in [-0.2, -0.15) is 0 Å². The third-order valence-electron chi connectivity index (χ3n) is 4.81. The average Bonchev–Trinajstić information content (AvgIpc) is 2.95. The lowest BCUT2D eigenvalue weighted by atomic mass is 9.90. The molecule has 0 radical (unpaired) electrons. The second-order valence-electron chi connectivity index (χ2n) is 6.92. The topological polar surface area (TPSA) is 113 Å². The SMILES string of the molecule is CC(N)C(=O)NC1CCC(NC(=O)c2ccc3c(c2)CC(=O)N3)CC1. The minimum atomic E-state index is -0.501. The fraction of sp³-hybridized carbons (Fsp3) is 0.500. The molecule has 5 N–H and O–H groups in total. The van der Waals surface area contributed by atoms with Gasteiger partial charge in [0.1, 0.15) is 0 Å². The maximum absolute atomic E-state index is 12.4. The van der Waals surface area contributed by atoms with Crippen LogP contribution in [-0.2, 0) is 16.0 Å². The minimum absolute atomic E-state index is 0.0419. The summed E-state index contributed by atoms with van der Waals surface area (Å²) in [6, 6.07) is 5.01. The summed E-state index contributed by atoms with van der Waals surface area (Å²) >= 11 is 0. The lowest BCUT2D eigenvalue weighted by Gasteiger charge is -2.30. The monoisotopic (exact) mass is 344 g/mol. The van der Waals surface area contributed by atoms with Crippen LogP contribution in [0, 0.1) is 0 Å². The van der Waals surface area contributed by atoms with E-state index in [9.17, 15) is 14.4 Å². The number of nitrogens with one attached hydrogen (secondary N) is 3. The molecule has 0 bridgehead atoms. The zero-order valence-corrected chi connectivity index (χ0v) is 14.3. The summed E-state index contributed by atoms with van der Waals surface area (Å²) in [5, 5.41) is 8.75. The van der Waals surface area contributed by atoms with Gasteiger partial charge in [0.15, 0.2) is 0 Å². The fourth-order valence-corrected chi connectivity index (χ4v) is 3.35. The summed E-state index contributed by atoms with van der Waals surface area (Å²) in [5.41, 5.74) is 7.78. The number of benzene rings is 1. The highest BCUT2D eigenvalue weighted by Gasteiger charge is 2.25. The maximum atomic E-state index is 12.4. The summed E-state index contributed by atoms with van der Waals surface area (Å²) in [5.74, 6) is -0.293. The molecule has 7 nitrogen and oxygen atoms in total. The minimum Gasteiger partial charge on any atom is -0.352 e. The number of hydrogen-bond donors (Lipinski definition) is 4. The van der Waals surface area contributed by atoms with Crippen LogP contribution in [0.2, 0.25) is 0 Å². The van der Waals surface area contributed by atoms with Crippen molar-refractivity contribution in [1.29, 1.82) is 0 Å². The smallest absolute Gasteiger partial charge is 0.251 e. The summed E-state index contributed by atoms with van der Waals surface area (Å²) in [6.07, 6.45) is 3.61. The van der Waals surface area contributed by atoms with Crippen LogP contribution in [0.4, 0.5) is 5.69 Å². The molecule has 0 saturated heterocycles. The number of amides is 3. The molecule has 1 aromatic rings. The molecule has 1 aromatic carbocycles. The van der Waals surface area contributed by atoms with E-state index in [4.69, 9.17) is 5.73 Å². The normalized spacial score (nSPS) is 23.4. The van der Waals surface area contributed by atoms with Crippen molar-refractivity contribution in [3.63, 3.8) is 0 Å². The van der Waals surface area contributed by atoms with Crippen molar-refractivity contribution in [3.05, 3.63) is 29.3 Å². The zero-order valence-electron chi connectivity index (χ0n) is 14.3. The van der Waals surface area contributed by atoms with Crippen LogP contribution in [0.3, 0.4) is 0 Å². The van der Waals surface area contributed by atoms with Gasteiger partial charge in [-0.1, -0.05) is 0 Å². The van der Waals surface area contributed by atoms with Crippen molar-refractivity contribution < 1.29 is 14.4 Å². The molecule has 2 aliphatic rings. The van der Waals surface area contributed by atoms with Gasteiger partial charge in [-0.15, -0.1) is 0 Å². The van der Waals surface area contributed by atoms with Gasteiger partial charge in [-0.3, -0.25) is 14.4 Å². The van der Waals surface area contributed by atoms with Crippen molar-refractivity contribution in [1.82, 2.24) is 10.6 Å². The van der Waals surface area contributed by atoms with E-state index in [0.29, 0.717) is 12.0 Å². The number of carbonyl (C=O) groups excluding carboxylic acids is 3. The fourth-order valence-electron chi connectivity index (χ4n) is 3.35. The van der Waals surface area contributed by atoms with E-state index >= 15 is 0 Å². The molecule has 1 unspecified atom stereocenters. The van der Waals surface area contributed by atoms with Gasteiger partial charge < -0.3 is 21.7 Å². The van der Waals surface area contributed by atoms with Gasteiger partial charge in [0, 0.05) is 23.3 Å². The first-order chi connectivity index (χ1) is 11.9. The van der Waals surface area contributed by atoms with E-state index in [1.807, 2.05) is 0 Å². The van der Waals surface area contributed by atoms with Crippen LogP contribution in [0.5, 0.6) is 0 Å². The molecule has 1 aliphatic carbocycles. The van der Waals surface area contributed by atoms with Crippen LogP contribution in [-0.4, -0.2) is 35.8 Å². The summed E-state index contributed by atoms with van der Waals surface area (Å²) < 4.78 is 0. The van der Waals surface area contributed by atoms with Gasteiger partial charge >= 0.3 is 0 Å². The van der Waals surface area contributed by atoms with Crippen LogP contribution in [0.15, 0.2) is 18.2 Å². The molecular weight excluding hydrogens is 320 g/mol. The number of rotatable bonds is 4. The summed E-state index contributed by atoms with van der Waals surface area (Å²) in [4.78, 5) is 35.5. The Hall–Kier alpha value is -2.41. The first-order valence-corrected chi connectivity index (χ1v) is 8.72. The molecule has 7 heteroatoms. The van der Waals surface area contributed by atoms with Crippen molar-refractivity contribution in [2.45, 2.75) is 57.2 Å². The number of fused-ring (bicyclic) bond motifs is 1. The Morgan fingerprint density at radius 3 is 2.44 bits per heavy atom. The molecule has 1 atom stereocenters. The lowest BCUT2D eigenvalue weighted by molar-refractivity contribution is -0.123. The average molecular weight is 344 g/mol. The second kappa shape index (κ2) is 7.23. The lowest BCUT2D eigenvalue weighted by Crippen LogP contribution is -2.47. The van der Waals surface area contributed by atoms with E-state index in [0.717, 1.165) is 36.9 Å². The summed E-state index contributed by atoms with van der Waals surface area (Å²) in [6.45, 7) is 1.67. The molecule has 1 saturated carbocycles. The zero-order chi connectivity index (χ0) is 18.0. The van der Waals surface area contributed by atoms with Crippen LogP contribution >= 0.6 is 0 Å². The second-order valence-corrected chi connectivity index (χ2v) is 6.92. The van der Waals surface area contributed by atoms with Crippen LogP contribution in [0.1, 0.15) is 48.5 Å². The van der Waals surface area contributed by atoms with Crippen molar-refractivity contribution in [2.24, 2.45) is 5.73 Å². The highest BCUT2D eigenvalue weighted by atomic mass is 16.2. The highest BCUT2D eigenvalue weighted by Crippen LogP contribution is 2.24. The van der Waals surface area contributed by atoms with E-state index in [1.54, 1.807) is 25.1 Å². The Balaban J connectivity index is 1.51. The Labute approximate surface area is 146 Å². The Morgan fingerprint density at radius 2 is 1.80 bits per heavy atom. The van der Waals surface area contributed by atoms with Gasteiger partial charge in [0.05, 0.1) is 12.5 Å². The molecule has 0 spiro atoms. The van der Waals surface area contributed by atoms with E-state index in [-0.39, 0.29) is 29.8 Å². The maximum Gasteiger partial charge on any atom is 0.251 e. The Morgan fingerprint density at radius 1 is 1.16 bits per heavy atom. The number of hydrogen-bond acceptors (Lipinski definition) is 4. The van der Waals surface area contributed by atoms with Crippen molar-refractivity contribution >= 4 is 23.4 Å². The molecule has 1 aliphatic heterocycles. The first kappa shape index (κ1) is 17.4. The standard InChI is InChI=1S/C18H24N4O3/c1-10(19)17(24)20-13-3-5-14(6-4-13)21-18(25)11-2-7-15-12(8-11)9-16(23)22-15/h2,7-8,10,13-14H,3-6,9,19H2,1H3,(H,20,24)(H,21,25)(H,22,23). The van der Waals surface area contributed by atoms with Gasteiger partial charge in [-0.05, 0) is 56.4 Å². The van der Waals surface area contributed by atoms with E-state index in [2.05, 4.69) is 16.0 Å². The third kappa shape index (κ3) is 4.17. The predicted octanol–water partition coefficient (Wildman–Crippen LogP) is 0.686. The van der Waals surface area contributed by atoms with Crippen molar-refractivity contribution in [2.75, 3.05) is 5.32 Å².